The first kappa shape index (κ1) is 20.6. The van der Waals surface area contributed by atoms with Crippen LogP contribution in [-0.4, -0.2) is 45.8 Å². The monoisotopic (exact) mass is 425 g/mol. The van der Waals surface area contributed by atoms with Crippen molar-refractivity contribution in [2.75, 3.05) is 37.4 Å². The van der Waals surface area contributed by atoms with Crippen molar-refractivity contribution in [3.8, 4) is 0 Å². The highest BCUT2D eigenvalue weighted by Crippen LogP contribution is 2.32. The molecule has 1 fully saturated rings. The van der Waals surface area contributed by atoms with Crippen molar-refractivity contribution < 1.29 is 17.6 Å². The molecule has 1 heterocycles. The molecule has 0 atom stereocenters. The summed E-state index contributed by atoms with van der Waals surface area (Å²) in [5.41, 5.74) is 0.766. The molecule has 3 rings (SSSR count). The van der Waals surface area contributed by atoms with E-state index in [2.05, 4.69) is 5.32 Å². The SMILES string of the molecule is CN(C)S(=O)(=O)c1cc(C(=O)Nc2c(F)cccc2N2CCCC2)ccc1Cl. The van der Waals surface area contributed by atoms with Gasteiger partial charge in [0, 0.05) is 32.7 Å². The second-order valence-corrected chi connectivity index (χ2v) is 9.24. The maximum Gasteiger partial charge on any atom is 0.255 e. The maximum absolute atomic E-state index is 14.5. The summed E-state index contributed by atoms with van der Waals surface area (Å²) < 4.78 is 40.3. The van der Waals surface area contributed by atoms with Gasteiger partial charge in [0.15, 0.2) is 0 Å². The smallest absolute Gasteiger partial charge is 0.255 e. The lowest BCUT2D eigenvalue weighted by Gasteiger charge is -2.22. The number of anilines is 2. The number of nitrogens with zero attached hydrogens (tertiary/aromatic N) is 2. The molecule has 0 spiro atoms. The number of carbonyl (C=O) groups is 1. The number of carbonyl (C=O) groups excluding carboxylic acids is 1. The van der Waals surface area contributed by atoms with Crippen LogP contribution in [0.5, 0.6) is 0 Å². The molecule has 0 aromatic heterocycles. The largest absolute Gasteiger partial charge is 0.370 e. The predicted octanol–water partition coefficient (Wildman–Crippen LogP) is 3.58. The molecule has 150 valence electrons. The van der Waals surface area contributed by atoms with E-state index in [0.717, 1.165) is 30.2 Å². The minimum absolute atomic E-state index is 0.00824. The van der Waals surface area contributed by atoms with Gasteiger partial charge in [-0.25, -0.2) is 17.1 Å². The number of sulfonamides is 1. The van der Waals surface area contributed by atoms with Crippen molar-refractivity contribution in [3.63, 3.8) is 0 Å². The molecule has 1 saturated heterocycles. The van der Waals surface area contributed by atoms with Crippen molar-refractivity contribution >= 4 is 38.9 Å². The zero-order chi connectivity index (χ0) is 20.5. The Kier molecular flexibility index (Phi) is 5.92. The second kappa shape index (κ2) is 8.06. The summed E-state index contributed by atoms with van der Waals surface area (Å²) in [4.78, 5) is 14.6. The fraction of sp³-hybridized carbons (Fsp3) is 0.316. The summed E-state index contributed by atoms with van der Waals surface area (Å²) in [6.45, 7) is 1.58. The number of rotatable bonds is 5. The summed E-state index contributed by atoms with van der Waals surface area (Å²) in [5, 5.41) is 2.60. The Balaban J connectivity index is 1.95. The Morgan fingerprint density at radius 1 is 1.18 bits per heavy atom. The molecule has 2 aromatic carbocycles. The lowest BCUT2D eigenvalue weighted by Crippen LogP contribution is -2.24. The minimum Gasteiger partial charge on any atom is -0.370 e. The molecule has 1 aliphatic heterocycles. The van der Waals surface area contributed by atoms with Crippen LogP contribution in [0, 0.1) is 5.82 Å². The van der Waals surface area contributed by atoms with Crippen molar-refractivity contribution in [2.24, 2.45) is 0 Å². The molecule has 1 amide bonds. The molecular formula is C19H21ClFN3O3S. The van der Waals surface area contributed by atoms with Crippen LogP contribution in [0.3, 0.4) is 0 Å². The average molecular weight is 426 g/mol. The summed E-state index contributed by atoms with van der Waals surface area (Å²) in [6.07, 6.45) is 2.01. The van der Waals surface area contributed by atoms with E-state index in [4.69, 9.17) is 11.6 Å². The van der Waals surface area contributed by atoms with Gasteiger partial charge in [-0.05, 0) is 43.2 Å². The summed E-state index contributed by atoms with van der Waals surface area (Å²) in [6, 6.07) is 8.58. The third kappa shape index (κ3) is 3.99. The zero-order valence-corrected chi connectivity index (χ0v) is 17.1. The molecule has 0 unspecified atom stereocenters. The maximum atomic E-state index is 14.5. The van der Waals surface area contributed by atoms with Gasteiger partial charge in [0.05, 0.1) is 10.7 Å². The Hall–Kier alpha value is -2.16. The highest BCUT2D eigenvalue weighted by Gasteiger charge is 2.24. The van der Waals surface area contributed by atoms with E-state index >= 15 is 0 Å². The first-order valence-corrected chi connectivity index (χ1v) is 10.6. The summed E-state index contributed by atoms with van der Waals surface area (Å²) in [5.74, 6) is -1.16. The van der Waals surface area contributed by atoms with Crippen molar-refractivity contribution in [3.05, 3.63) is 52.8 Å². The molecule has 0 bridgehead atoms. The van der Waals surface area contributed by atoms with Gasteiger partial charge in [0.25, 0.3) is 5.91 Å². The van der Waals surface area contributed by atoms with Gasteiger partial charge in [0.2, 0.25) is 10.0 Å². The number of halogens is 2. The van der Waals surface area contributed by atoms with Gasteiger partial charge in [-0.2, -0.15) is 0 Å². The lowest BCUT2D eigenvalue weighted by atomic mass is 10.2. The van der Waals surface area contributed by atoms with Gasteiger partial charge in [-0.1, -0.05) is 17.7 Å². The average Bonchev–Trinajstić information content (AvgIpc) is 3.17. The highest BCUT2D eigenvalue weighted by molar-refractivity contribution is 7.89. The van der Waals surface area contributed by atoms with Crippen LogP contribution in [0.25, 0.3) is 0 Å². The number of nitrogens with one attached hydrogen (secondary N) is 1. The van der Waals surface area contributed by atoms with E-state index in [1.807, 2.05) is 4.90 Å². The first-order valence-electron chi connectivity index (χ1n) is 8.78. The number of benzene rings is 2. The normalized spacial score (nSPS) is 14.5. The minimum atomic E-state index is -3.83. The van der Waals surface area contributed by atoms with Gasteiger partial charge >= 0.3 is 0 Å². The van der Waals surface area contributed by atoms with Crippen LogP contribution >= 0.6 is 11.6 Å². The topological polar surface area (TPSA) is 69.7 Å². The van der Waals surface area contributed by atoms with Crippen molar-refractivity contribution in [1.29, 1.82) is 0 Å². The molecule has 1 N–H and O–H groups in total. The predicted molar refractivity (Wildman–Crippen MR) is 108 cm³/mol. The number of para-hydroxylation sites is 1. The van der Waals surface area contributed by atoms with Crippen molar-refractivity contribution in [1.82, 2.24) is 4.31 Å². The molecule has 0 aliphatic carbocycles. The third-order valence-corrected chi connectivity index (χ3v) is 6.93. The highest BCUT2D eigenvalue weighted by atomic mass is 35.5. The molecule has 0 radical (unpaired) electrons. The molecule has 28 heavy (non-hydrogen) atoms. The quantitative estimate of drug-likeness (QED) is 0.794. The Morgan fingerprint density at radius 2 is 1.86 bits per heavy atom. The van der Waals surface area contributed by atoms with E-state index in [9.17, 15) is 17.6 Å². The van der Waals surface area contributed by atoms with Crippen molar-refractivity contribution in [2.45, 2.75) is 17.7 Å². The molecule has 2 aromatic rings. The van der Waals surface area contributed by atoms with E-state index in [1.54, 1.807) is 12.1 Å². The van der Waals surface area contributed by atoms with Gasteiger partial charge in [0.1, 0.15) is 16.4 Å². The summed E-state index contributed by atoms with van der Waals surface area (Å²) in [7, 11) is -1.08. The van der Waals surface area contributed by atoms with Crippen LogP contribution in [0.15, 0.2) is 41.3 Å². The molecule has 9 heteroatoms. The first-order chi connectivity index (χ1) is 13.2. The Bertz CT molecular complexity index is 1010. The van der Waals surface area contributed by atoms with Gasteiger partial charge < -0.3 is 10.2 Å². The van der Waals surface area contributed by atoms with E-state index in [1.165, 1.54) is 38.4 Å². The van der Waals surface area contributed by atoms with Crippen LogP contribution in [-0.2, 0) is 10.0 Å². The third-order valence-electron chi connectivity index (χ3n) is 4.63. The molecule has 6 nitrogen and oxygen atoms in total. The van der Waals surface area contributed by atoms with Crippen LogP contribution in [0.4, 0.5) is 15.8 Å². The Labute approximate surface area is 168 Å². The van der Waals surface area contributed by atoms with Crippen LogP contribution in [0.1, 0.15) is 23.2 Å². The Morgan fingerprint density at radius 3 is 2.50 bits per heavy atom. The fourth-order valence-electron chi connectivity index (χ4n) is 3.08. The number of amides is 1. The fourth-order valence-corrected chi connectivity index (χ4v) is 4.48. The molecule has 1 aliphatic rings. The van der Waals surface area contributed by atoms with E-state index in [-0.39, 0.29) is 21.2 Å². The second-order valence-electron chi connectivity index (χ2n) is 6.71. The molecular weight excluding hydrogens is 405 g/mol. The number of hydrogen-bond donors (Lipinski definition) is 1. The number of hydrogen-bond acceptors (Lipinski definition) is 4. The van der Waals surface area contributed by atoms with Gasteiger partial charge in [-0.15, -0.1) is 0 Å². The summed E-state index contributed by atoms with van der Waals surface area (Å²) >= 11 is 6.02. The van der Waals surface area contributed by atoms with Crippen LogP contribution < -0.4 is 10.2 Å². The standard InChI is InChI=1S/C19H21ClFN3O3S/c1-23(2)28(26,27)17-12-13(8-9-14(17)20)19(25)22-18-15(21)6-5-7-16(18)24-10-3-4-11-24/h5-9,12H,3-4,10-11H2,1-2H3,(H,22,25). The zero-order valence-electron chi connectivity index (χ0n) is 15.6. The van der Waals surface area contributed by atoms with E-state index in [0.29, 0.717) is 5.69 Å². The molecule has 0 saturated carbocycles. The van der Waals surface area contributed by atoms with E-state index < -0.39 is 21.7 Å². The van der Waals surface area contributed by atoms with Crippen LogP contribution in [0.2, 0.25) is 5.02 Å². The lowest BCUT2D eigenvalue weighted by molar-refractivity contribution is 0.102. The van der Waals surface area contributed by atoms with Gasteiger partial charge in [-0.3, -0.25) is 4.79 Å².